The van der Waals surface area contributed by atoms with E-state index in [1.807, 2.05) is 26.0 Å². The zero-order chi connectivity index (χ0) is 18.8. The number of aliphatic hydroxyl groups is 1. The van der Waals surface area contributed by atoms with E-state index in [-0.39, 0.29) is 11.5 Å². The van der Waals surface area contributed by atoms with E-state index < -0.39 is 18.0 Å². The molecule has 2 aromatic carbocycles. The number of hydrogen-bond acceptors (Lipinski definition) is 2. The predicted molar refractivity (Wildman–Crippen MR) is 104 cm³/mol. The minimum atomic E-state index is -1.12. The van der Waals surface area contributed by atoms with Crippen molar-refractivity contribution in [1.29, 1.82) is 0 Å². The summed E-state index contributed by atoms with van der Waals surface area (Å²) in [5.41, 5.74) is 2.49. The Balaban J connectivity index is 1.83. The van der Waals surface area contributed by atoms with Crippen molar-refractivity contribution in [2.75, 3.05) is 0 Å². The number of nitrogens with one attached hydrogen (secondary N) is 2. The number of rotatable bonds is 5. The molecule has 0 fully saturated rings. The first-order valence-corrected chi connectivity index (χ1v) is 9.22. The van der Waals surface area contributed by atoms with Gasteiger partial charge in [0.15, 0.2) is 0 Å². The van der Waals surface area contributed by atoms with Crippen molar-refractivity contribution in [3.05, 3.63) is 69.6 Å². The number of aromatic nitrogens is 1. The Morgan fingerprint density at radius 2 is 2.04 bits per heavy atom. The highest BCUT2D eigenvalue weighted by atomic mass is 79.9. The fraction of sp³-hybridized carbons (Fsp3) is 0.250. The highest BCUT2D eigenvalue weighted by Crippen LogP contribution is 2.25. The first-order chi connectivity index (χ1) is 12.4. The highest BCUT2D eigenvalue weighted by molar-refractivity contribution is 9.10. The third-order valence-electron chi connectivity index (χ3n) is 4.50. The Morgan fingerprint density at radius 3 is 2.73 bits per heavy atom. The SMILES string of the molecule is CCC(NC(=O)c1cc2cc(Br)cc(C)c2[nH]1)C(O)c1ccccc1F. The molecule has 0 bridgehead atoms. The van der Waals surface area contributed by atoms with Crippen LogP contribution in [0.5, 0.6) is 0 Å². The van der Waals surface area contributed by atoms with Gasteiger partial charge >= 0.3 is 0 Å². The lowest BCUT2D eigenvalue weighted by molar-refractivity contribution is 0.0816. The van der Waals surface area contributed by atoms with Crippen molar-refractivity contribution in [1.82, 2.24) is 10.3 Å². The average molecular weight is 419 g/mol. The smallest absolute Gasteiger partial charge is 0.268 e. The van der Waals surface area contributed by atoms with Gasteiger partial charge in [-0.25, -0.2) is 4.39 Å². The van der Waals surface area contributed by atoms with Gasteiger partial charge in [-0.1, -0.05) is 41.1 Å². The third kappa shape index (κ3) is 3.66. The van der Waals surface area contributed by atoms with Gasteiger partial charge in [0.1, 0.15) is 17.6 Å². The topological polar surface area (TPSA) is 65.1 Å². The molecule has 0 aliphatic rings. The van der Waals surface area contributed by atoms with E-state index in [9.17, 15) is 14.3 Å². The number of halogens is 2. The Bertz CT molecular complexity index is 954. The number of carbonyl (C=O) groups is 1. The summed E-state index contributed by atoms with van der Waals surface area (Å²) in [5.74, 6) is -0.822. The van der Waals surface area contributed by atoms with E-state index in [1.54, 1.807) is 18.2 Å². The highest BCUT2D eigenvalue weighted by Gasteiger charge is 2.24. The van der Waals surface area contributed by atoms with Crippen LogP contribution in [0.3, 0.4) is 0 Å². The van der Waals surface area contributed by atoms with Gasteiger partial charge in [0.05, 0.1) is 6.04 Å². The molecule has 0 saturated carbocycles. The van der Waals surface area contributed by atoms with Crippen LogP contribution in [0.25, 0.3) is 10.9 Å². The number of aromatic amines is 1. The van der Waals surface area contributed by atoms with Gasteiger partial charge in [-0.3, -0.25) is 4.79 Å². The number of H-pyrrole nitrogens is 1. The summed E-state index contributed by atoms with van der Waals surface area (Å²) in [6.07, 6.45) is -0.656. The number of amides is 1. The average Bonchev–Trinajstić information content (AvgIpc) is 3.04. The molecule has 0 saturated heterocycles. The van der Waals surface area contributed by atoms with Crippen LogP contribution in [0.2, 0.25) is 0 Å². The van der Waals surface area contributed by atoms with Crippen LogP contribution in [-0.2, 0) is 0 Å². The predicted octanol–water partition coefficient (Wildman–Crippen LogP) is 4.62. The van der Waals surface area contributed by atoms with Crippen LogP contribution in [0.15, 0.2) is 46.9 Å². The van der Waals surface area contributed by atoms with Crippen LogP contribution >= 0.6 is 15.9 Å². The summed E-state index contributed by atoms with van der Waals surface area (Å²) in [6.45, 7) is 3.80. The fourth-order valence-electron chi connectivity index (χ4n) is 3.08. The molecule has 1 aromatic heterocycles. The molecule has 6 heteroatoms. The molecule has 0 radical (unpaired) electrons. The molecule has 0 aliphatic carbocycles. The summed E-state index contributed by atoms with van der Waals surface area (Å²) in [4.78, 5) is 15.8. The van der Waals surface area contributed by atoms with Crippen molar-refractivity contribution >= 4 is 32.7 Å². The van der Waals surface area contributed by atoms with E-state index in [0.717, 1.165) is 20.9 Å². The van der Waals surface area contributed by atoms with Gasteiger partial charge in [0, 0.05) is 20.9 Å². The van der Waals surface area contributed by atoms with Gasteiger partial charge in [-0.05, 0) is 43.2 Å². The second-order valence-electron chi connectivity index (χ2n) is 6.32. The summed E-state index contributed by atoms with van der Waals surface area (Å²) < 4.78 is 14.9. The minimum Gasteiger partial charge on any atom is -0.386 e. The van der Waals surface area contributed by atoms with Crippen LogP contribution in [0.4, 0.5) is 4.39 Å². The van der Waals surface area contributed by atoms with Crippen LogP contribution in [-0.4, -0.2) is 22.0 Å². The van der Waals surface area contributed by atoms with Crippen molar-refractivity contribution in [3.8, 4) is 0 Å². The quantitative estimate of drug-likeness (QED) is 0.565. The standard InChI is InChI=1S/C20H20BrFN2O2/c1-3-16(19(25)14-6-4-5-7-15(14)22)24-20(26)17-10-12-9-13(21)8-11(2)18(12)23-17/h4-10,16,19,23,25H,3H2,1-2H3,(H,24,26). The van der Waals surface area contributed by atoms with Gasteiger partial charge in [-0.15, -0.1) is 0 Å². The summed E-state index contributed by atoms with van der Waals surface area (Å²) in [7, 11) is 0. The van der Waals surface area contributed by atoms with E-state index in [4.69, 9.17) is 0 Å². The molecular formula is C20H20BrFN2O2. The van der Waals surface area contributed by atoms with Crippen LogP contribution in [0, 0.1) is 12.7 Å². The Morgan fingerprint density at radius 1 is 1.31 bits per heavy atom. The number of benzene rings is 2. The molecule has 26 heavy (non-hydrogen) atoms. The number of fused-ring (bicyclic) bond motifs is 1. The van der Waals surface area contributed by atoms with Crippen molar-refractivity contribution in [2.24, 2.45) is 0 Å². The summed E-state index contributed by atoms with van der Waals surface area (Å²) >= 11 is 3.45. The molecule has 3 aromatic rings. The van der Waals surface area contributed by atoms with Crippen LogP contribution < -0.4 is 5.32 Å². The lowest BCUT2D eigenvalue weighted by Gasteiger charge is -2.23. The third-order valence-corrected chi connectivity index (χ3v) is 4.95. The van der Waals surface area contributed by atoms with Gasteiger partial charge < -0.3 is 15.4 Å². The van der Waals surface area contributed by atoms with E-state index in [2.05, 4.69) is 26.2 Å². The zero-order valence-electron chi connectivity index (χ0n) is 14.5. The number of aryl methyl sites for hydroxylation is 1. The largest absolute Gasteiger partial charge is 0.386 e. The molecule has 3 N–H and O–H groups in total. The maximum Gasteiger partial charge on any atom is 0.268 e. The lowest BCUT2D eigenvalue weighted by Crippen LogP contribution is -2.39. The zero-order valence-corrected chi connectivity index (χ0v) is 16.1. The van der Waals surface area contributed by atoms with Crippen molar-refractivity contribution < 1.29 is 14.3 Å². The molecule has 3 rings (SSSR count). The monoisotopic (exact) mass is 418 g/mol. The van der Waals surface area contributed by atoms with Crippen LogP contribution in [0.1, 0.15) is 41.1 Å². The Labute approximate surface area is 159 Å². The van der Waals surface area contributed by atoms with E-state index >= 15 is 0 Å². The molecule has 2 unspecified atom stereocenters. The normalized spacial score (nSPS) is 13.6. The molecule has 4 nitrogen and oxygen atoms in total. The Hall–Kier alpha value is -2.18. The minimum absolute atomic E-state index is 0.177. The molecule has 1 heterocycles. The molecule has 1 amide bonds. The summed E-state index contributed by atoms with van der Waals surface area (Å²) in [5, 5.41) is 14.2. The Kier molecular flexibility index (Phi) is 5.44. The van der Waals surface area contributed by atoms with Crippen molar-refractivity contribution in [2.45, 2.75) is 32.4 Å². The fourth-order valence-corrected chi connectivity index (χ4v) is 3.67. The van der Waals surface area contributed by atoms with E-state index in [1.165, 1.54) is 12.1 Å². The lowest BCUT2D eigenvalue weighted by atomic mass is 9.99. The molecule has 2 atom stereocenters. The molecular weight excluding hydrogens is 399 g/mol. The molecule has 0 spiro atoms. The maximum atomic E-state index is 13.9. The molecule has 0 aliphatic heterocycles. The van der Waals surface area contributed by atoms with Crippen molar-refractivity contribution in [3.63, 3.8) is 0 Å². The number of aliphatic hydroxyl groups excluding tert-OH is 1. The van der Waals surface area contributed by atoms with Gasteiger partial charge in [0.2, 0.25) is 0 Å². The maximum absolute atomic E-state index is 13.9. The van der Waals surface area contributed by atoms with Gasteiger partial charge in [-0.2, -0.15) is 0 Å². The number of carbonyl (C=O) groups excluding carboxylic acids is 1. The second-order valence-corrected chi connectivity index (χ2v) is 7.24. The van der Waals surface area contributed by atoms with Gasteiger partial charge in [0.25, 0.3) is 5.91 Å². The first kappa shape index (κ1) is 18.6. The summed E-state index contributed by atoms with van der Waals surface area (Å²) in [6, 6.07) is 11.1. The second kappa shape index (κ2) is 7.60. The number of hydrogen-bond donors (Lipinski definition) is 3. The van der Waals surface area contributed by atoms with E-state index in [0.29, 0.717) is 12.1 Å². The molecule has 136 valence electrons. The first-order valence-electron chi connectivity index (χ1n) is 8.43.